The number of anilines is 1. The third-order valence-electron chi connectivity index (χ3n) is 3.09. The van der Waals surface area contributed by atoms with Crippen molar-refractivity contribution in [2.75, 3.05) is 25.1 Å². The van der Waals surface area contributed by atoms with Crippen LogP contribution in [-0.4, -0.2) is 26.2 Å². The fourth-order valence-corrected chi connectivity index (χ4v) is 2.33. The van der Waals surface area contributed by atoms with Crippen molar-refractivity contribution in [2.24, 2.45) is 5.73 Å². The molecule has 0 spiro atoms. The van der Waals surface area contributed by atoms with Gasteiger partial charge in [-0.25, -0.2) is 0 Å². The van der Waals surface area contributed by atoms with E-state index in [1.54, 1.807) is 7.11 Å². The number of rotatable bonds is 3. The molecule has 0 bridgehead atoms. The summed E-state index contributed by atoms with van der Waals surface area (Å²) < 4.78 is 5.23. The average Bonchev–Trinajstić information content (AvgIpc) is 2.30. The maximum atomic E-state index is 6.01. The zero-order valence-corrected chi connectivity index (χ0v) is 9.86. The number of hydrogen-bond acceptors (Lipinski definition) is 3. The average molecular weight is 220 g/mol. The lowest BCUT2D eigenvalue weighted by Crippen LogP contribution is -2.43. The molecule has 0 radical (unpaired) electrons. The molecule has 3 nitrogen and oxygen atoms in total. The minimum absolute atomic E-state index is 0.310. The van der Waals surface area contributed by atoms with Gasteiger partial charge >= 0.3 is 0 Å². The summed E-state index contributed by atoms with van der Waals surface area (Å²) in [6.07, 6.45) is 2.32. The van der Waals surface area contributed by atoms with E-state index < -0.39 is 0 Å². The Bertz CT molecular complexity index is 340. The summed E-state index contributed by atoms with van der Waals surface area (Å²) in [4.78, 5) is 2.38. The molecule has 1 atom stereocenters. The molecule has 2 rings (SSSR count). The maximum Gasteiger partial charge on any atom is 0.0733 e. The number of nitrogens with two attached hydrogens (primary N) is 1. The standard InChI is InChI=1S/C13H20N2O/c1-16-10-11-5-2-3-7-13(11)15-8-4-6-12(14)9-15/h2-3,5,7,12H,4,6,8-10,14H2,1H3. The van der Waals surface area contributed by atoms with Crippen LogP contribution in [0.2, 0.25) is 0 Å². The van der Waals surface area contributed by atoms with E-state index in [2.05, 4.69) is 29.2 Å². The summed E-state index contributed by atoms with van der Waals surface area (Å²) >= 11 is 0. The molecule has 1 unspecified atom stereocenters. The highest BCUT2D eigenvalue weighted by Crippen LogP contribution is 2.24. The van der Waals surface area contributed by atoms with Crippen LogP contribution in [0.5, 0.6) is 0 Å². The van der Waals surface area contributed by atoms with Gasteiger partial charge in [0.2, 0.25) is 0 Å². The van der Waals surface area contributed by atoms with Crippen LogP contribution in [0.15, 0.2) is 24.3 Å². The molecule has 1 aliphatic heterocycles. The minimum atomic E-state index is 0.310. The van der Waals surface area contributed by atoms with Crippen molar-refractivity contribution in [1.82, 2.24) is 0 Å². The SMILES string of the molecule is COCc1ccccc1N1CCCC(N)C1. The van der Waals surface area contributed by atoms with Gasteiger partial charge in [-0.15, -0.1) is 0 Å². The van der Waals surface area contributed by atoms with Crippen LogP contribution in [-0.2, 0) is 11.3 Å². The predicted molar refractivity (Wildman–Crippen MR) is 66.6 cm³/mol. The van der Waals surface area contributed by atoms with Gasteiger partial charge in [-0.3, -0.25) is 0 Å². The van der Waals surface area contributed by atoms with E-state index in [0.717, 1.165) is 19.5 Å². The Morgan fingerprint density at radius 3 is 3.00 bits per heavy atom. The summed E-state index contributed by atoms with van der Waals surface area (Å²) in [5, 5.41) is 0. The van der Waals surface area contributed by atoms with Gasteiger partial charge in [0.05, 0.1) is 6.61 Å². The Kier molecular flexibility index (Phi) is 3.80. The van der Waals surface area contributed by atoms with E-state index in [9.17, 15) is 0 Å². The molecule has 0 amide bonds. The smallest absolute Gasteiger partial charge is 0.0733 e. The number of piperidine rings is 1. The van der Waals surface area contributed by atoms with Crippen LogP contribution in [0.4, 0.5) is 5.69 Å². The number of nitrogens with zero attached hydrogens (tertiary/aromatic N) is 1. The number of ether oxygens (including phenoxy) is 1. The van der Waals surface area contributed by atoms with E-state index in [1.807, 2.05) is 0 Å². The molecule has 3 heteroatoms. The number of para-hydroxylation sites is 1. The normalized spacial score (nSPS) is 21.1. The maximum absolute atomic E-state index is 6.01. The van der Waals surface area contributed by atoms with Crippen LogP contribution >= 0.6 is 0 Å². The first-order chi connectivity index (χ1) is 7.81. The zero-order chi connectivity index (χ0) is 11.4. The summed E-state index contributed by atoms with van der Waals surface area (Å²) in [7, 11) is 1.73. The van der Waals surface area contributed by atoms with Crippen molar-refractivity contribution in [2.45, 2.75) is 25.5 Å². The Hall–Kier alpha value is -1.06. The highest BCUT2D eigenvalue weighted by molar-refractivity contribution is 5.53. The molecule has 1 aliphatic rings. The molecule has 2 N–H and O–H groups in total. The number of benzene rings is 1. The van der Waals surface area contributed by atoms with Crippen LogP contribution in [0.25, 0.3) is 0 Å². The fourth-order valence-electron chi connectivity index (χ4n) is 2.33. The Morgan fingerprint density at radius 2 is 2.25 bits per heavy atom. The minimum Gasteiger partial charge on any atom is -0.380 e. The van der Waals surface area contributed by atoms with Gasteiger partial charge in [-0.05, 0) is 18.9 Å². The highest BCUT2D eigenvalue weighted by atomic mass is 16.5. The largest absolute Gasteiger partial charge is 0.380 e. The first-order valence-electron chi connectivity index (χ1n) is 5.88. The molecule has 0 saturated carbocycles. The number of methoxy groups -OCH3 is 1. The summed E-state index contributed by atoms with van der Waals surface area (Å²) in [5.41, 5.74) is 8.54. The first kappa shape index (κ1) is 11.4. The molecule has 1 aromatic carbocycles. The summed E-state index contributed by atoms with van der Waals surface area (Å²) in [6.45, 7) is 2.73. The van der Waals surface area contributed by atoms with Crippen molar-refractivity contribution in [3.8, 4) is 0 Å². The molecule has 16 heavy (non-hydrogen) atoms. The Morgan fingerprint density at radius 1 is 1.44 bits per heavy atom. The monoisotopic (exact) mass is 220 g/mol. The number of hydrogen-bond donors (Lipinski definition) is 1. The van der Waals surface area contributed by atoms with Gasteiger partial charge < -0.3 is 15.4 Å². The van der Waals surface area contributed by atoms with E-state index in [1.165, 1.54) is 17.7 Å². The van der Waals surface area contributed by atoms with Crippen molar-refractivity contribution in [1.29, 1.82) is 0 Å². The predicted octanol–water partition coefficient (Wildman–Crippen LogP) is 1.76. The molecule has 1 aromatic rings. The molecule has 0 aromatic heterocycles. The van der Waals surface area contributed by atoms with Crippen LogP contribution in [0, 0.1) is 0 Å². The Balaban J connectivity index is 2.17. The molecular weight excluding hydrogens is 200 g/mol. The van der Waals surface area contributed by atoms with Crippen LogP contribution in [0.3, 0.4) is 0 Å². The van der Waals surface area contributed by atoms with E-state index in [-0.39, 0.29) is 0 Å². The van der Waals surface area contributed by atoms with Gasteiger partial charge in [0.25, 0.3) is 0 Å². The fraction of sp³-hybridized carbons (Fsp3) is 0.538. The van der Waals surface area contributed by atoms with Crippen molar-refractivity contribution >= 4 is 5.69 Å². The molecule has 1 fully saturated rings. The molecule has 1 heterocycles. The second-order valence-electron chi connectivity index (χ2n) is 4.41. The third-order valence-corrected chi connectivity index (χ3v) is 3.09. The van der Waals surface area contributed by atoms with Gasteiger partial charge in [-0.2, -0.15) is 0 Å². The second kappa shape index (κ2) is 5.32. The van der Waals surface area contributed by atoms with Crippen molar-refractivity contribution < 1.29 is 4.74 Å². The molecule has 0 aliphatic carbocycles. The van der Waals surface area contributed by atoms with Gasteiger partial charge in [0.15, 0.2) is 0 Å². The van der Waals surface area contributed by atoms with E-state index in [4.69, 9.17) is 10.5 Å². The Labute approximate surface area is 97.2 Å². The van der Waals surface area contributed by atoms with Crippen molar-refractivity contribution in [3.63, 3.8) is 0 Å². The van der Waals surface area contributed by atoms with E-state index in [0.29, 0.717) is 12.6 Å². The summed E-state index contributed by atoms with van der Waals surface area (Å²) in [6, 6.07) is 8.73. The quantitative estimate of drug-likeness (QED) is 0.843. The van der Waals surface area contributed by atoms with Gasteiger partial charge in [0.1, 0.15) is 0 Å². The van der Waals surface area contributed by atoms with Crippen molar-refractivity contribution in [3.05, 3.63) is 29.8 Å². The van der Waals surface area contributed by atoms with Crippen LogP contribution < -0.4 is 10.6 Å². The topological polar surface area (TPSA) is 38.5 Å². The summed E-state index contributed by atoms with van der Waals surface area (Å²) in [5.74, 6) is 0. The molecule has 88 valence electrons. The van der Waals surface area contributed by atoms with Gasteiger partial charge in [0, 0.05) is 37.5 Å². The lowest BCUT2D eigenvalue weighted by atomic mass is 10.0. The second-order valence-corrected chi connectivity index (χ2v) is 4.41. The molecule has 1 saturated heterocycles. The molecular formula is C13H20N2O. The van der Waals surface area contributed by atoms with E-state index >= 15 is 0 Å². The zero-order valence-electron chi connectivity index (χ0n) is 9.86. The lowest BCUT2D eigenvalue weighted by molar-refractivity contribution is 0.185. The van der Waals surface area contributed by atoms with Crippen LogP contribution in [0.1, 0.15) is 18.4 Å². The highest BCUT2D eigenvalue weighted by Gasteiger charge is 2.18. The van der Waals surface area contributed by atoms with Gasteiger partial charge in [-0.1, -0.05) is 18.2 Å². The lowest BCUT2D eigenvalue weighted by Gasteiger charge is -2.33. The first-order valence-corrected chi connectivity index (χ1v) is 5.88. The third kappa shape index (κ3) is 2.54.